The van der Waals surface area contributed by atoms with E-state index in [1.54, 1.807) is 0 Å². The normalized spacial score (nSPS) is 23.1. The summed E-state index contributed by atoms with van der Waals surface area (Å²) in [5.41, 5.74) is 0.254. The third-order valence-corrected chi connectivity index (χ3v) is 4.34. The van der Waals surface area contributed by atoms with Gasteiger partial charge in [-0.15, -0.1) is 10.2 Å². The number of hydrogen-bond donors (Lipinski definition) is 1. The predicted molar refractivity (Wildman–Crippen MR) is 57.0 cm³/mol. The third kappa shape index (κ3) is 1.89. The molecule has 0 amide bonds. The average molecular weight is 264 g/mol. The highest BCUT2D eigenvalue weighted by Crippen LogP contribution is 2.41. The molecule has 3 rings (SSSR count). The quantitative estimate of drug-likeness (QED) is 0.831. The molecule has 94 valence electrons. The van der Waals surface area contributed by atoms with Crippen LogP contribution in [0.2, 0.25) is 0 Å². The van der Waals surface area contributed by atoms with E-state index in [2.05, 4.69) is 15.5 Å². The molecule has 2 fully saturated rings. The second-order valence-electron chi connectivity index (χ2n) is 4.67. The zero-order chi connectivity index (χ0) is 12.1. The van der Waals surface area contributed by atoms with Crippen molar-refractivity contribution in [2.75, 3.05) is 31.1 Å². The van der Waals surface area contributed by atoms with Crippen molar-refractivity contribution in [3.8, 4) is 0 Å². The lowest BCUT2D eigenvalue weighted by Crippen LogP contribution is -2.57. The van der Waals surface area contributed by atoms with Crippen molar-refractivity contribution >= 4 is 16.5 Å². The fourth-order valence-electron chi connectivity index (χ4n) is 2.42. The summed E-state index contributed by atoms with van der Waals surface area (Å²) in [7, 11) is 0. The van der Waals surface area contributed by atoms with Crippen LogP contribution < -0.4 is 10.2 Å². The Morgan fingerprint density at radius 2 is 2.06 bits per heavy atom. The summed E-state index contributed by atoms with van der Waals surface area (Å²) in [4.78, 5) is 1.87. The van der Waals surface area contributed by atoms with Crippen LogP contribution in [0.5, 0.6) is 0 Å². The van der Waals surface area contributed by atoms with Crippen LogP contribution in [-0.2, 0) is 6.18 Å². The zero-order valence-corrected chi connectivity index (χ0v) is 9.74. The second kappa shape index (κ2) is 3.55. The maximum atomic E-state index is 12.4. The van der Waals surface area contributed by atoms with Crippen molar-refractivity contribution in [1.29, 1.82) is 0 Å². The molecule has 8 heteroatoms. The first-order valence-electron chi connectivity index (χ1n) is 5.35. The lowest BCUT2D eigenvalue weighted by atomic mass is 9.79. The Hall–Kier alpha value is -0.890. The first-order valence-corrected chi connectivity index (χ1v) is 6.17. The second-order valence-corrected chi connectivity index (χ2v) is 5.63. The fourth-order valence-corrected chi connectivity index (χ4v) is 3.13. The van der Waals surface area contributed by atoms with Crippen LogP contribution in [-0.4, -0.2) is 36.4 Å². The molecular formula is C9H11F3N4S. The molecule has 0 aliphatic carbocycles. The van der Waals surface area contributed by atoms with Gasteiger partial charge in [0.2, 0.25) is 10.1 Å². The van der Waals surface area contributed by atoms with Gasteiger partial charge in [0.05, 0.1) is 0 Å². The van der Waals surface area contributed by atoms with E-state index in [0.29, 0.717) is 16.5 Å². The molecule has 1 spiro atoms. The van der Waals surface area contributed by atoms with Crippen LogP contribution >= 0.6 is 11.3 Å². The Balaban J connectivity index is 1.69. The van der Waals surface area contributed by atoms with Gasteiger partial charge in [0.1, 0.15) is 0 Å². The van der Waals surface area contributed by atoms with Crippen molar-refractivity contribution in [2.24, 2.45) is 5.41 Å². The van der Waals surface area contributed by atoms with E-state index in [0.717, 1.165) is 32.6 Å². The molecule has 3 heterocycles. The van der Waals surface area contributed by atoms with Gasteiger partial charge in [-0.1, -0.05) is 11.3 Å². The van der Waals surface area contributed by atoms with Gasteiger partial charge in [0.25, 0.3) is 0 Å². The molecule has 2 aliphatic rings. The van der Waals surface area contributed by atoms with Crippen LogP contribution in [0.4, 0.5) is 18.3 Å². The predicted octanol–water partition coefficient (Wildman–Crippen LogP) is 1.36. The summed E-state index contributed by atoms with van der Waals surface area (Å²) in [5, 5.41) is 9.60. The Labute approximate surface area is 99.8 Å². The van der Waals surface area contributed by atoms with Crippen molar-refractivity contribution in [3.63, 3.8) is 0 Å². The fraction of sp³-hybridized carbons (Fsp3) is 0.778. The number of nitrogens with zero attached hydrogens (tertiary/aromatic N) is 3. The lowest BCUT2D eigenvalue weighted by Gasteiger charge is -2.47. The van der Waals surface area contributed by atoms with E-state index in [9.17, 15) is 13.2 Å². The SMILES string of the molecule is FC(F)(F)c1nnc(N2CC3(CCNC3)C2)s1. The van der Waals surface area contributed by atoms with Crippen molar-refractivity contribution in [1.82, 2.24) is 15.5 Å². The van der Waals surface area contributed by atoms with Gasteiger partial charge in [-0.2, -0.15) is 13.2 Å². The number of nitrogens with one attached hydrogen (secondary N) is 1. The van der Waals surface area contributed by atoms with Gasteiger partial charge in [-0.3, -0.25) is 0 Å². The van der Waals surface area contributed by atoms with Crippen molar-refractivity contribution < 1.29 is 13.2 Å². The van der Waals surface area contributed by atoms with Crippen molar-refractivity contribution in [3.05, 3.63) is 5.01 Å². The smallest absolute Gasteiger partial charge is 0.345 e. The van der Waals surface area contributed by atoms with E-state index < -0.39 is 11.2 Å². The number of hydrogen-bond acceptors (Lipinski definition) is 5. The van der Waals surface area contributed by atoms with E-state index >= 15 is 0 Å². The Morgan fingerprint density at radius 3 is 2.59 bits per heavy atom. The molecule has 1 aromatic heterocycles. The molecule has 0 saturated carbocycles. The van der Waals surface area contributed by atoms with Gasteiger partial charge in [0.15, 0.2) is 0 Å². The van der Waals surface area contributed by atoms with E-state index in [1.807, 2.05) is 4.90 Å². The molecule has 2 aliphatic heterocycles. The maximum Gasteiger partial charge on any atom is 0.445 e. The molecule has 1 N–H and O–H groups in total. The zero-order valence-electron chi connectivity index (χ0n) is 8.92. The summed E-state index contributed by atoms with van der Waals surface area (Å²) in [6.45, 7) is 3.52. The van der Waals surface area contributed by atoms with Crippen LogP contribution in [0.15, 0.2) is 0 Å². The van der Waals surface area contributed by atoms with Gasteiger partial charge in [-0.05, 0) is 13.0 Å². The molecule has 0 aromatic carbocycles. The Morgan fingerprint density at radius 1 is 1.29 bits per heavy atom. The lowest BCUT2D eigenvalue weighted by molar-refractivity contribution is -0.138. The number of halogens is 3. The molecule has 0 radical (unpaired) electrons. The number of aromatic nitrogens is 2. The third-order valence-electron chi connectivity index (χ3n) is 3.31. The summed E-state index contributed by atoms with van der Waals surface area (Å²) < 4.78 is 37.1. The minimum Gasteiger partial charge on any atom is -0.345 e. The molecule has 0 bridgehead atoms. The van der Waals surface area contributed by atoms with Gasteiger partial charge in [0, 0.05) is 25.0 Å². The molecule has 0 unspecified atom stereocenters. The summed E-state index contributed by atoms with van der Waals surface area (Å²) in [5.74, 6) is 0. The molecule has 4 nitrogen and oxygen atoms in total. The molecule has 1 aromatic rings. The number of alkyl halides is 3. The van der Waals surface area contributed by atoms with Crippen LogP contribution in [0.25, 0.3) is 0 Å². The topological polar surface area (TPSA) is 41.1 Å². The van der Waals surface area contributed by atoms with Crippen LogP contribution in [0.3, 0.4) is 0 Å². The first kappa shape index (κ1) is 11.2. The summed E-state index contributed by atoms with van der Waals surface area (Å²) in [6.07, 6.45) is -3.29. The monoisotopic (exact) mass is 264 g/mol. The molecule has 0 atom stereocenters. The Kier molecular flexibility index (Phi) is 2.34. The van der Waals surface area contributed by atoms with Gasteiger partial charge >= 0.3 is 6.18 Å². The summed E-state index contributed by atoms with van der Waals surface area (Å²) in [6, 6.07) is 0. The highest BCUT2D eigenvalue weighted by atomic mass is 32.1. The highest BCUT2D eigenvalue weighted by molar-refractivity contribution is 7.15. The van der Waals surface area contributed by atoms with Gasteiger partial charge in [-0.25, -0.2) is 0 Å². The largest absolute Gasteiger partial charge is 0.445 e. The molecule has 2 saturated heterocycles. The molecule has 17 heavy (non-hydrogen) atoms. The standard InChI is InChI=1S/C9H11F3N4S/c10-9(11,12)6-14-15-7(17-6)16-4-8(5-16)1-2-13-3-8/h13H,1-5H2. The maximum absolute atomic E-state index is 12.4. The minimum absolute atomic E-state index is 0.254. The minimum atomic E-state index is -4.38. The van der Waals surface area contributed by atoms with E-state index in [-0.39, 0.29) is 5.41 Å². The number of rotatable bonds is 1. The van der Waals surface area contributed by atoms with Gasteiger partial charge < -0.3 is 10.2 Å². The van der Waals surface area contributed by atoms with Crippen LogP contribution in [0.1, 0.15) is 11.4 Å². The average Bonchev–Trinajstić information content (AvgIpc) is 2.83. The number of anilines is 1. The van der Waals surface area contributed by atoms with E-state index in [4.69, 9.17) is 0 Å². The highest BCUT2D eigenvalue weighted by Gasteiger charge is 2.46. The van der Waals surface area contributed by atoms with E-state index in [1.165, 1.54) is 0 Å². The first-order chi connectivity index (χ1) is 7.99. The Bertz CT molecular complexity index is 416. The van der Waals surface area contributed by atoms with Crippen LogP contribution in [0, 0.1) is 5.41 Å². The summed E-state index contributed by atoms with van der Waals surface area (Å²) >= 11 is 0.624. The molecular weight excluding hydrogens is 253 g/mol. The van der Waals surface area contributed by atoms with Crippen molar-refractivity contribution in [2.45, 2.75) is 12.6 Å².